The van der Waals surface area contributed by atoms with Crippen molar-refractivity contribution in [3.63, 3.8) is 0 Å². The molecule has 1 unspecified atom stereocenters. The second-order valence-electron chi connectivity index (χ2n) is 5.71. The summed E-state index contributed by atoms with van der Waals surface area (Å²) in [5, 5.41) is 0. The molecule has 3 rings (SSSR count). The van der Waals surface area contributed by atoms with E-state index in [0.717, 1.165) is 16.0 Å². The van der Waals surface area contributed by atoms with Gasteiger partial charge in [-0.05, 0) is 56.1 Å². The predicted molar refractivity (Wildman–Crippen MR) is 86.8 cm³/mol. The third kappa shape index (κ3) is 2.44. The van der Waals surface area contributed by atoms with Crippen molar-refractivity contribution in [3.8, 4) is 0 Å². The fourth-order valence-corrected chi connectivity index (χ4v) is 6.46. The van der Waals surface area contributed by atoms with Crippen molar-refractivity contribution in [2.24, 2.45) is 16.3 Å². The van der Waals surface area contributed by atoms with Crippen molar-refractivity contribution in [2.45, 2.75) is 31.7 Å². The fraction of sp³-hybridized carbons (Fsp3) is 0.846. The minimum Gasteiger partial charge on any atom is -0.281 e. The number of hydrogen-bond acceptors (Lipinski definition) is 5. The summed E-state index contributed by atoms with van der Waals surface area (Å²) < 4.78 is 3.07. The number of carbonyl (C=O) groups excluding carboxylic acids is 1. The number of aliphatic imine (C=N–C) groups is 1. The first-order valence-corrected chi connectivity index (χ1v) is 10.1. The van der Waals surface area contributed by atoms with Gasteiger partial charge < -0.3 is 0 Å². The van der Waals surface area contributed by atoms with Gasteiger partial charge in [0.2, 0.25) is 0 Å². The van der Waals surface area contributed by atoms with E-state index in [1.165, 1.54) is 25.7 Å². The van der Waals surface area contributed by atoms with Gasteiger partial charge in [-0.3, -0.25) is 14.1 Å². The van der Waals surface area contributed by atoms with Crippen LogP contribution in [0.15, 0.2) is 4.99 Å². The zero-order chi connectivity index (χ0) is 13.5. The lowest BCUT2D eigenvalue weighted by Gasteiger charge is -2.31. The summed E-state index contributed by atoms with van der Waals surface area (Å²) in [6.45, 7) is 0.321. The molecule has 3 atom stereocenters. The van der Waals surface area contributed by atoms with Crippen LogP contribution in [0.4, 0.5) is 0 Å². The Kier molecular flexibility index (Phi) is 4.11. The number of nitrogens with zero attached hydrogens (tertiary/aromatic N) is 2. The zero-order valence-corrected chi connectivity index (χ0v) is 13.9. The highest BCUT2D eigenvalue weighted by atomic mass is 32.2. The molecule has 1 aliphatic heterocycles. The summed E-state index contributed by atoms with van der Waals surface area (Å²) in [6.07, 6.45) is 9.34. The van der Waals surface area contributed by atoms with Crippen LogP contribution in [0.1, 0.15) is 25.7 Å². The lowest BCUT2D eigenvalue weighted by molar-refractivity contribution is -0.126. The summed E-state index contributed by atoms with van der Waals surface area (Å²) in [6, 6.07) is 0.506. The Hall–Kier alpha value is 0.190. The molecule has 106 valence electrons. The quantitative estimate of drug-likeness (QED) is 0.445. The van der Waals surface area contributed by atoms with Crippen LogP contribution in [0.5, 0.6) is 0 Å². The highest BCUT2D eigenvalue weighted by Crippen LogP contribution is 2.62. The second-order valence-corrected chi connectivity index (χ2v) is 8.49. The molecule has 2 bridgehead atoms. The number of thioether (sulfide) groups is 2. The van der Waals surface area contributed by atoms with E-state index in [4.69, 9.17) is 0 Å². The van der Waals surface area contributed by atoms with Gasteiger partial charge in [0, 0.05) is 11.2 Å². The Morgan fingerprint density at radius 1 is 1.47 bits per heavy atom. The average molecular weight is 317 g/mol. The van der Waals surface area contributed by atoms with Crippen LogP contribution in [0.3, 0.4) is 0 Å². The van der Waals surface area contributed by atoms with Crippen LogP contribution in [0.25, 0.3) is 0 Å². The third-order valence-corrected chi connectivity index (χ3v) is 8.12. The van der Waals surface area contributed by atoms with E-state index in [0.29, 0.717) is 18.0 Å². The van der Waals surface area contributed by atoms with Gasteiger partial charge in [-0.15, -0.1) is 23.5 Å². The van der Waals surface area contributed by atoms with Crippen molar-refractivity contribution in [3.05, 3.63) is 0 Å². The van der Waals surface area contributed by atoms with Crippen LogP contribution in [-0.4, -0.2) is 45.4 Å². The predicted octanol–water partition coefficient (Wildman–Crippen LogP) is 3.12. The maximum absolute atomic E-state index is 12.4. The van der Waals surface area contributed by atoms with Crippen molar-refractivity contribution in [1.29, 1.82) is 0 Å². The van der Waals surface area contributed by atoms with Crippen LogP contribution in [0.2, 0.25) is 0 Å². The lowest BCUT2D eigenvalue weighted by atomic mass is 9.82. The number of fused-ring (bicyclic) bond motifs is 1. The number of rotatable bonds is 2. The molecule has 1 amide bonds. The van der Waals surface area contributed by atoms with Gasteiger partial charge >= 0.3 is 0 Å². The second kappa shape index (κ2) is 5.53. The van der Waals surface area contributed by atoms with E-state index in [2.05, 4.69) is 9.30 Å². The Labute approximate surface area is 127 Å². The van der Waals surface area contributed by atoms with E-state index in [-0.39, 0.29) is 5.91 Å². The lowest BCUT2D eigenvalue weighted by Crippen LogP contribution is -2.39. The molecule has 0 aromatic rings. The first-order chi connectivity index (χ1) is 9.18. The molecule has 1 heterocycles. The van der Waals surface area contributed by atoms with E-state index in [9.17, 15) is 4.79 Å². The minimum atomic E-state index is 0.208. The molecule has 0 aromatic carbocycles. The molecule has 3 aliphatic rings. The largest absolute Gasteiger partial charge is 0.281 e. The van der Waals surface area contributed by atoms with Crippen LogP contribution < -0.4 is 0 Å². The Morgan fingerprint density at radius 3 is 2.95 bits per heavy atom. The highest BCUT2D eigenvalue weighted by molar-refractivity contribution is 8.38. The molecule has 1 spiro atoms. The van der Waals surface area contributed by atoms with Gasteiger partial charge in [-0.2, -0.15) is 0 Å². The molecule has 3 fully saturated rings. The zero-order valence-electron chi connectivity index (χ0n) is 11.4. The van der Waals surface area contributed by atoms with E-state index < -0.39 is 0 Å². The fourth-order valence-electron chi connectivity index (χ4n) is 3.86. The number of hydrogen-bond donors (Lipinski definition) is 0. The summed E-state index contributed by atoms with van der Waals surface area (Å²) in [7, 11) is 0. The average Bonchev–Trinajstić information content (AvgIpc) is 3.07. The SMILES string of the molecule is CSC(=NCC(=O)N1SC[C@]23CC[C@H](CC12)C3)SC. The molecule has 1 saturated heterocycles. The molecular weight excluding hydrogens is 296 g/mol. The van der Waals surface area contributed by atoms with Gasteiger partial charge in [0.15, 0.2) is 0 Å². The molecular formula is C13H20N2OS3. The summed E-state index contributed by atoms with van der Waals surface area (Å²) in [4.78, 5) is 16.8. The van der Waals surface area contributed by atoms with E-state index in [1.54, 1.807) is 35.5 Å². The standard InChI is InChI=1S/C13H20N2OS3/c1-17-12(18-2)14-7-11(16)15-10-5-9-3-4-13(10,6-9)8-19-15/h9-10H,3-8H2,1-2H3/t9-,10?,13-/m1/s1. The van der Waals surface area contributed by atoms with Crippen molar-refractivity contribution in [1.82, 2.24) is 4.31 Å². The topological polar surface area (TPSA) is 32.7 Å². The highest BCUT2D eigenvalue weighted by Gasteiger charge is 2.58. The summed E-state index contributed by atoms with van der Waals surface area (Å²) in [5.41, 5.74) is 0.469. The Bertz CT molecular complexity index is 409. The molecule has 19 heavy (non-hydrogen) atoms. The van der Waals surface area contributed by atoms with Crippen LogP contribution >= 0.6 is 35.5 Å². The maximum Gasteiger partial charge on any atom is 0.254 e. The molecule has 2 aliphatic carbocycles. The van der Waals surface area contributed by atoms with Crippen molar-refractivity contribution < 1.29 is 4.79 Å². The molecule has 3 nitrogen and oxygen atoms in total. The molecule has 0 aromatic heterocycles. The Morgan fingerprint density at radius 2 is 2.26 bits per heavy atom. The number of carbonyl (C=O) groups is 1. The molecule has 0 N–H and O–H groups in total. The minimum absolute atomic E-state index is 0.208. The van der Waals surface area contributed by atoms with Gasteiger partial charge in [0.05, 0.1) is 6.04 Å². The van der Waals surface area contributed by atoms with Gasteiger partial charge in [0.1, 0.15) is 10.9 Å². The van der Waals surface area contributed by atoms with Gasteiger partial charge in [0.25, 0.3) is 5.91 Å². The van der Waals surface area contributed by atoms with Crippen LogP contribution in [0, 0.1) is 11.3 Å². The molecule has 2 saturated carbocycles. The maximum atomic E-state index is 12.4. The summed E-state index contributed by atoms with van der Waals surface area (Å²) in [5.74, 6) is 2.25. The summed E-state index contributed by atoms with van der Waals surface area (Å²) >= 11 is 5.00. The number of amides is 1. The van der Waals surface area contributed by atoms with Crippen LogP contribution in [-0.2, 0) is 4.79 Å². The van der Waals surface area contributed by atoms with Crippen molar-refractivity contribution in [2.75, 3.05) is 24.8 Å². The Balaban J connectivity index is 1.64. The first kappa shape index (κ1) is 14.1. The molecule has 6 heteroatoms. The van der Waals surface area contributed by atoms with Gasteiger partial charge in [-0.25, -0.2) is 0 Å². The third-order valence-electron chi connectivity index (χ3n) is 4.72. The molecule has 0 radical (unpaired) electrons. The first-order valence-electron chi connectivity index (χ1n) is 6.76. The van der Waals surface area contributed by atoms with E-state index in [1.807, 2.05) is 12.5 Å². The van der Waals surface area contributed by atoms with Crippen molar-refractivity contribution >= 4 is 45.8 Å². The van der Waals surface area contributed by atoms with Gasteiger partial charge in [-0.1, -0.05) is 0 Å². The monoisotopic (exact) mass is 316 g/mol. The smallest absolute Gasteiger partial charge is 0.254 e. The normalized spacial score (nSPS) is 35.6. The van der Waals surface area contributed by atoms with E-state index >= 15 is 0 Å².